The summed E-state index contributed by atoms with van der Waals surface area (Å²) in [6.07, 6.45) is 5.84. The molecule has 1 saturated carbocycles. The average molecular weight is 523 g/mol. The second-order valence-electron chi connectivity index (χ2n) is 9.37. The maximum atomic E-state index is 11.2. The second kappa shape index (κ2) is 11.1. The number of hydrogen-bond donors (Lipinski definition) is 4. The number of nitrogens with two attached hydrogens (primary N) is 1. The van der Waals surface area contributed by atoms with Gasteiger partial charge >= 0.3 is 7.82 Å². The van der Waals surface area contributed by atoms with E-state index >= 15 is 0 Å². The Kier molecular flexibility index (Phi) is 8.10. The van der Waals surface area contributed by atoms with E-state index in [-0.39, 0.29) is 12.1 Å². The number of aliphatic hydroxyl groups is 1. The third-order valence-electron chi connectivity index (χ3n) is 6.43. The van der Waals surface area contributed by atoms with E-state index in [0.717, 1.165) is 29.5 Å². The number of benzene rings is 2. The van der Waals surface area contributed by atoms with E-state index in [1.54, 1.807) is 24.7 Å². The molecule has 194 valence electrons. The summed E-state index contributed by atoms with van der Waals surface area (Å²) in [6.45, 7) is 1.19. The topological polar surface area (TPSA) is 143 Å². The third kappa shape index (κ3) is 6.82. The molecule has 0 radical (unpaired) electrons. The standard InChI is InChI=1S/C27H31N4O5P/c1-19(32)26-30-13-14-31(26)25(17-36-37(33,34)35)12-5-20-3-6-21(7-4-20)22-8-10-23(11-9-22)24-15-27(28,16-24)18-29-2/h3-4,6-11,13-14,18-19,24-25,32H,15-17,28H2,1-2H3,(H2,33,34,35)/t19-,24?,25-,27?/m0/s1. The number of nitrogens with zero attached hydrogens (tertiary/aromatic N) is 3. The summed E-state index contributed by atoms with van der Waals surface area (Å²) in [7, 11) is -2.94. The van der Waals surface area contributed by atoms with Crippen LogP contribution in [0.4, 0.5) is 0 Å². The van der Waals surface area contributed by atoms with Crippen LogP contribution in [-0.2, 0) is 9.09 Å². The highest BCUT2D eigenvalue weighted by Crippen LogP contribution is 2.42. The van der Waals surface area contributed by atoms with Gasteiger partial charge in [-0.25, -0.2) is 9.55 Å². The van der Waals surface area contributed by atoms with Gasteiger partial charge in [0, 0.05) is 31.2 Å². The van der Waals surface area contributed by atoms with Crippen molar-refractivity contribution < 1.29 is 24.0 Å². The fourth-order valence-electron chi connectivity index (χ4n) is 4.59. The van der Waals surface area contributed by atoms with E-state index in [2.05, 4.69) is 46.1 Å². The minimum Gasteiger partial charge on any atom is -0.385 e. The second-order valence-corrected chi connectivity index (χ2v) is 10.6. The lowest BCUT2D eigenvalue weighted by Crippen LogP contribution is -2.52. The molecule has 1 aliphatic carbocycles. The van der Waals surface area contributed by atoms with Crippen LogP contribution < -0.4 is 5.73 Å². The predicted octanol–water partition coefficient (Wildman–Crippen LogP) is 3.58. The number of aromatic nitrogens is 2. The van der Waals surface area contributed by atoms with Gasteiger partial charge in [-0.05, 0) is 54.5 Å². The highest BCUT2D eigenvalue weighted by Gasteiger charge is 2.40. The highest BCUT2D eigenvalue weighted by atomic mass is 31.2. The molecule has 2 aromatic carbocycles. The minimum absolute atomic E-state index is 0.286. The first-order valence-corrected chi connectivity index (χ1v) is 13.4. The largest absolute Gasteiger partial charge is 0.469 e. The molecule has 1 fully saturated rings. The van der Waals surface area contributed by atoms with E-state index in [1.165, 1.54) is 11.8 Å². The molecule has 1 aliphatic rings. The van der Waals surface area contributed by atoms with Gasteiger partial charge in [-0.2, -0.15) is 0 Å². The van der Waals surface area contributed by atoms with Crippen molar-refractivity contribution in [2.24, 2.45) is 10.7 Å². The van der Waals surface area contributed by atoms with Crippen molar-refractivity contribution >= 4 is 14.0 Å². The molecular weight excluding hydrogens is 491 g/mol. The van der Waals surface area contributed by atoms with Gasteiger partial charge in [0.25, 0.3) is 0 Å². The number of rotatable bonds is 8. The van der Waals surface area contributed by atoms with Crippen LogP contribution in [0, 0.1) is 11.8 Å². The normalized spacial score (nSPS) is 21.2. The van der Waals surface area contributed by atoms with E-state index < -0.39 is 20.0 Å². The van der Waals surface area contributed by atoms with Crippen LogP contribution in [0.15, 0.2) is 65.9 Å². The molecule has 0 saturated heterocycles. The van der Waals surface area contributed by atoms with Crippen molar-refractivity contribution in [2.45, 2.75) is 43.4 Å². The molecule has 5 N–H and O–H groups in total. The van der Waals surface area contributed by atoms with Gasteiger partial charge in [-0.1, -0.05) is 48.2 Å². The Morgan fingerprint density at radius 1 is 1.22 bits per heavy atom. The van der Waals surface area contributed by atoms with Gasteiger partial charge < -0.3 is 25.2 Å². The summed E-state index contributed by atoms with van der Waals surface area (Å²) >= 11 is 0. The van der Waals surface area contributed by atoms with Crippen molar-refractivity contribution in [3.63, 3.8) is 0 Å². The molecule has 1 aromatic heterocycles. The molecule has 0 bridgehead atoms. The predicted molar refractivity (Wildman–Crippen MR) is 142 cm³/mol. The third-order valence-corrected chi connectivity index (χ3v) is 6.92. The molecule has 4 rings (SSSR count). The highest BCUT2D eigenvalue weighted by molar-refractivity contribution is 7.46. The van der Waals surface area contributed by atoms with E-state index in [9.17, 15) is 9.67 Å². The van der Waals surface area contributed by atoms with Gasteiger partial charge in [0.2, 0.25) is 0 Å². The molecule has 0 amide bonds. The van der Waals surface area contributed by atoms with E-state index in [1.807, 2.05) is 30.5 Å². The molecule has 10 heteroatoms. The number of phosphoric acid groups is 1. The summed E-state index contributed by atoms with van der Waals surface area (Å²) in [5.41, 5.74) is 10.1. The Hall–Kier alpha value is -3.09. The zero-order chi connectivity index (χ0) is 26.6. The smallest absolute Gasteiger partial charge is 0.385 e. The van der Waals surface area contributed by atoms with Gasteiger partial charge in [-0.3, -0.25) is 9.52 Å². The van der Waals surface area contributed by atoms with Crippen LogP contribution in [0.25, 0.3) is 11.1 Å². The Bertz CT molecular complexity index is 1340. The number of phosphoric ester groups is 1. The minimum atomic E-state index is -4.69. The molecule has 2 atom stereocenters. The van der Waals surface area contributed by atoms with Gasteiger partial charge in [-0.15, -0.1) is 0 Å². The molecule has 9 nitrogen and oxygen atoms in total. The Morgan fingerprint density at radius 3 is 2.41 bits per heavy atom. The lowest BCUT2D eigenvalue weighted by molar-refractivity contribution is 0.165. The van der Waals surface area contributed by atoms with Gasteiger partial charge in [0.15, 0.2) is 0 Å². The molecular formula is C27H31N4O5P. The van der Waals surface area contributed by atoms with Crippen LogP contribution >= 0.6 is 7.82 Å². The quantitative estimate of drug-likeness (QED) is 0.201. The maximum Gasteiger partial charge on any atom is 0.469 e. The Morgan fingerprint density at radius 2 is 1.84 bits per heavy atom. The number of hydrogen-bond acceptors (Lipinski definition) is 6. The average Bonchev–Trinajstić information content (AvgIpc) is 3.33. The first-order chi connectivity index (χ1) is 17.6. The zero-order valence-corrected chi connectivity index (χ0v) is 21.6. The number of aliphatic imine (C=N–C) groups is 1. The van der Waals surface area contributed by atoms with Crippen LogP contribution in [0.5, 0.6) is 0 Å². The lowest BCUT2D eigenvalue weighted by Gasteiger charge is -2.42. The SMILES string of the molecule is CN=CC1(N)CC(c2ccc(-c3ccc(C#C[C@@H](COP(=O)(O)O)n4ccnc4[C@H](C)O)cc3)cc2)C1. The van der Waals surface area contributed by atoms with E-state index in [4.69, 9.17) is 20.0 Å². The first kappa shape index (κ1) is 27.0. The summed E-state index contributed by atoms with van der Waals surface area (Å²) in [5, 5.41) is 9.97. The monoisotopic (exact) mass is 522 g/mol. The van der Waals surface area contributed by atoms with Gasteiger partial charge in [0.05, 0.1) is 12.1 Å². The van der Waals surface area contributed by atoms with Crippen molar-refractivity contribution in [2.75, 3.05) is 13.7 Å². The van der Waals surface area contributed by atoms with Crippen LogP contribution in [0.1, 0.15) is 54.8 Å². The summed E-state index contributed by atoms with van der Waals surface area (Å²) in [4.78, 5) is 26.4. The van der Waals surface area contributed by atoms with Crippen molar-refractivity contribution in [1.82, 2.24) is 9.55 Å². The summed E-state index contributed by atoms with van der Waals surface area (Å²) in [6, 6.07) is 15.5. The lowest BCUT2D eigenvalue weighted by atomic mass is 9.67. The molecule has 0 aliphatic heterocycles. The Labute approximate surface area is 216 Å². The van der Waals surface area contributed by atoms with Gasteiger partial charge in [0.1, 0.15) is 18.0 Å². The molecule has 3 aromatic rings. The van der Waals surface area contributed by atoms with Crippen LogP contribution in [0.2, 0.25) is 0 Å². The summed E-state index contributed by atoms with van der Waals surface area (Å²) in [5.74, 6) is 6.79. The van der Waals surface area contributed by atoms with Crippen LogP contribution in [-0.4, -0.2) is 49.9 Å². The molecule has 0 unspecified atom stereocenters. The fourth-order valence-corrected chi connectivity index (χ4v) is 4.92. The molecule has 0 spiro atoms. The number of aliphatic hydroxyl groups excluding tert-OH is 1. The van der Waals surface area contributed by atoms with E-state index in [0.29, 0.717) is 11.7 Å². The van der Waals surface area contributed by atoms with Crippen molar-refractivity contribution in [1.29, 1.82) is 0 Å². The summed E-state index contributed by atoms with van der Waals surface area (Å²) < 4.78 is 17.5. The fraction of sp³-hybridized carbons (Fsp3) is 0.333. The first-order valence-electron chi connectivity index (χ1n) is 11.9. The molecule has 1 heterocycles. The zero-order valence-electron chi connectivity index (χ0n) is 20.7. The Balaban J connectivity index is 1.47. The number of imidazole rings is 1. The maximum absolute atomic E-state index is 11.2. The van der Waals surface area contributed by atoms with Crippen LogP contribution in [0.3, 0.4) is 0 Å². The molecule has 37 heavy (non-hydrogen) atoms. The van der Waals surface area contributed by atoms with Crippen molar-refractivity contribution in [3.05, 3.63) is 77.9 Å². The van der Waals surface area contributed by atoms with Crippen molar-refractivity contribution in [3.8, 4) is 23.0 Å².